The first-order valence-corrected chi connectivity index (χ1v) is 7.68. The van der Waals surface area contributed by atoms with Crippen LogP contribution >= 0.6 is 11.3 Å². The second-order valence-corrected chi connectivity index (χ2v) is 5.43. The van der Waals surface area contributed by atoms with Crippen LogP contribution in [0.3, 0.4) is 0 Å². The Balaban J connectivity index is 2.15. The topological polar surface area (TPSA) is 64.1 Å². The molecule has 108 valence electrons. The summed E-state index contributed by atoms with van der Waals surface area (Å²) in [4.78, 5) is 21.5. The van der Waals surface area contributed by atoms with Crippen molar-refractivity contribution in [3.63, 3.8) is 0 Å². The van der Waals surface area contributed by atoms with Crippen molar-refractivity contribution in [1.82, 2.24) is 9.97 Å². The number of hydrogen-bond donors (Lipinski definition) is 1. The highest BCUT2D eigenvalue weighted by Gasteiger charge is 2.13. The Bertz CT molecular complexity index is 597. The van der Waals surface area contributed by atoms with E-state index in [1.165, 1.54) is 0 Å². The standard InChI is InChI=1S/C14H19N3O2S/c1-4-11-16-13(10-6-7-20-14(10)17-11)15-9(3)8-12(18)19-5-2/h6-7,9H,4-5,8H2,1-3H3,(H,15,16,17). The van der Waals surface area contributed by atoms with Crippen molar-refractivity contribution in [3.05, 3.63) is 17.3 Å². The molecule has 0 amide bonds. The molecular formula is C14H19N3O2S. The van der Waals surface area contributed by atoms with Gasteiger partial charge in [0.05, 0.1) is 18.4 Å². The molecule has 0 saturated carbocycles. The van der Waals surface area contributed by atoms with E-state index in [9.17, 15) is 4.79 Å². The van der Waals surface area contributed by atoms with Gasteiger partial charge in [-0.25, -0.2) is 9.97 Å². The molecule has 0 aliphatic carbocycles. The Morgan fingerprint density at radius 2 is 2.25 bits per heavy atom. The van der Waals surface area contributed by atoms with Crippen LogP contribution in [-0.2, 0) is 16.0 Å². The quantitative estimate of drug-likeness (QED) is 0.829. The van der Waals surface area contributed by atoms with Gasteiger partial charge in [-0.2, -0.15) is 0 Å². The molecule has 2 aromatic heterocycles. The Hall–Kier alpha value is -1.69. The van der Waals surface area contributed by atoms with E-state index in [4.69, 9.17) is 4.74 Å². The number of carbonyl (C=O) groups is 1. The molecule has 0 spiro atoms. The van der Waals surface area contributed by atoms with Crippen LogP contribution in [0.1, 0.15) is 33.0 Å². The number of ether oxygens (including phenoxy) is 1. The minimum Gasteiger partial charge on any atom is -0.466 e. The van der Waals surface area contributed by atoms with Crippen LogP contribution in [0.15, 0.2) is 11.4 Å². The van der Waals surface area contributed by atoms with Gasteiger partial charge in [0.15, 0.2) is 0 Å². The summed E-state index contributed by atoms with van der Waals surface area (Å²) in [5, 5.41) is 6.29. The highest BCUT2D eigenvalue weighted by molar-refractivity contribution is 7.16. The second-order valence-electron chi connectivity index (χ2n) is 4.54. The van der Waals surface area contributed by atoms with Crippen LogP contribution in [0.5, 0.6) is 0 Å². The largest absolute Gasteiger partial charge is 0.466 e. The number of hydrogen-bond acceptors (Lipinski definition) is 6. The molecule has 1 N–H and O–H groups in total. The van der Waals surface area contributed by atoms with E-state index in [0.29, 0.717) is 13.0 Å². The lowest BCUT2D eigenvalue weighted by Gasteiger charge is -2.15. The van der Waals surface area contributed by atoms with Gasteiger partial charge in [0, 0.05) is 12.5 Å². The fourth-order valence-corrected chi connectivity index (χ4v) is 2.70. The van der Waals surface area contributed by atoms with Gasteiger partial charge in [-0.3, -0.25) is 4.79 Å². The minimum atomic E-state index is -0.196. The van der Waals surface area contributed by atoms with Gasteiger partial charge in [-0.15, -0.1) is 11.3 Å². The number of esters is 1. The minimum absolute atomic E-state index is 0.0308. The van der Waals surface area contributed by atoms with Gasteiger partial charge in [-0.05, 0) is 25.3 Å². The number of nitrogens with one attached hydrogen (secondary N) is 1. The number of aryl methyl sites for hydroxylation is 1. The van der Waals surface area contributed by atoms with E-state index in [0.717, 1.165) is 28.3 Å². The van der Waals surface area contributed by atoms with Gasteiger partial charge in [0.1, 0.15) is 16.5 Å². The molecule has 0 fully saturated rings. The first-order valence-electron chi connectivity index (χ1n) is 6.80. The smallest absolute Gasteiger partial charge is 0.307 e. The number of carbonyl (C=O) groups excluding carboxylic acids is 1. The molecule has 1 atom stereocenters. The first kappa shape index (κ1) is 14.7. The molecule has 0 aliphatic heterocycles. The third-order valence-corrected chi connectivity index (χ3v) is 3.66. The number of rotatable bonds is 6. The summed E-state index contributed by atoms with van der Waals surface area (Å²) >= 11 is 1.60. The maximum Gasteiger partial charge on any atom is 0.307 e. The zero-order valence-electron chi connectivity index (χ0n) is 12.0. The molecule has 20 heavy (non-hydrogen) atoms. The highest BCUT2D eigenvalue weighted by Crippen LogP contribution is 2.25. The molecule has 0 saturated heterocycles. The first-order chi connectivity index (χ1) is 9.63. The van der Waals surface area contributed by atoms with Crippen molar-refractivity contribution >= 4 is 33.3 Å². The summed E-state index contributed by atoms with van der Waals surface area (Å²) in [6.07, 6.45) is 1.11. The average molecular weight is 293 g/mol. The van der Waals surface area contributed by atoms with Gasteiger partial charge in [0.25, 0.3) is 0 Å². The Morgan fingerprint density at radius 3 is 2.95 bits per heavy atom. The SMILES string of the molecule is CCOC(=O)CC(C)Nc1nc(CC)nc2sccc12. The third-order valence-electron chi connectivity index (χ3n) is 2.85. The number of nitrogens with zero attached hydrogens (tertiary/aromatic N) is 2. The van der Waals surface area contributed by atoms with Gasteiger partial charge < -0.3 is 10.1 Å². The number of thiophene rings is 1. The van der Waals surface area contributed by atoms with E-state index in [1.54, 1.807) is 11.3 Å². The van der Waals surface area contributed by atoms with E-state index in [-0.39, 0.29) is 12.0 Å². The maximum atomic E-state index is 11.5. The van der Waals surface area contributed by atoms with Crippen LogP contribution in [0.4, 0.5) is 5.82 Å². The lowest BCUT2D eigenvalue weighted by molar-refractivity contribution is -0.143. The molecule has 0 aliphatic rings. The molecule has 2 heterocycles. The maximum absolute atomic E-state index is 11.5. The summed E-state index contributed by atoms with van der Waals surface area (Å²) in [5.41, 5.74) is 0. The van der Waals surface area contributed by atoms with Crippen molar-refractivity contribution in [1.29, 1.82) is 0 Å². The monoisotopic (exact) mass is 293 g/mol. The van der Waals surface area contributed by atoms with E-state index in [1.807, 2.05) is 32.2 Å². The second kappa shape index (κ2) is 6.65. The molecule has 0 radical (unpaired) electrons. The highest BCUT2D eigenvalue weighted by atomic mass is 32.1. The molecule has 5 nitrogen and oxygen atoms in total. The van der Waals surface area contributed by atoms with Gasteiger partial charge >= 0.3 is 5.97 Å². The molecule has 1 unspecified atom stereocenters. The van der Waals surface area contributed by atoms with Crippen molar-refractivity contribution in [2.45, 2.75) is 39.7 Å². The van der Waals surface area contributed by atoms with Crippen molar-refractivity contribution in [3.8, 4) is 0 Å². The molecule has 2 aromatic rings. The van der Waals surface area contributed by atoms with E-state index in [2.05, 4.69) is 15.3 Å². The van der Waals surface area contributed by atoms with Crippen LogP contribution in [0.25, 0.3) is 10.2 Å². The van der Waals surface area contributed by atoms with Crippen LogP contribution in [0, 0.1) is 0 Å². The Morgan fingerprint density at radius 1 is 1.45 bits per heavy atom. The summed E-state index contributed by atoms with van der Waals surface area (Å²) in [5.74, 6) is 1.41. The predicted octanol–water partition coefficient (Wildman–Crippen LogP) is 3.01. The molecular weight excluding hydrogens is 274 g/mol. The van der Waals surface area contributed by atoms with E-state index < -0.39 is 0 Å². The number of anilines is 1. The summed E-state index contributed by atoms with van der Waals surface area (Å²) < 4.78 is 4.96. The third kappa shape index (κ3) is 3.45. The van der Waals surface area contributed by atoms with Gasteiger partial charge in [0.2, 0.25) is 0 Å². The fourth-order valence-electron chi connectivity index (χ4n) is 1.92. The number of aromatic nitrogens is 2. The summed E-state index contributed by atoms with van der Waals surface area (Å²) in [6, 6.07) is 1.97. The lowest BCUT2D eigenvalue weighted by Crippen LogP contribution is -2.22. The van der Waals surface area contributed by atoms with Crippen molar-refractivity contribution in [2.75, 3.05) is 11.9 Å². The normalized spacial score (nSPS) is 12.3. The van der Waals surface area contributed by atoms with Crippen LogP contribution in [0.2, 0.25) is 0 Å². The fraction of sp³-hybridized carbons (Fsp3) is 0.500. The van der Waals surface area contributed by atoms with Gasteiger partial charge in [-0.1, -0.05) is 6.92 Å². The predicted molar refractivity (Wildman–Crippen MR) is 81.1 cm³/mol. The van der Waals surface area contributed by atoms with Crippen LogP contribution in [-0.4, -0.2) is 28.6 Å². The molecule has 2 rings (SSSR count). The Labute approximate surface area is 122 Å². The lowest BCUT2D eigenvalue weighted by atomic mass is 10.2. The number of fused-ring (bicyclic) bond motifs is 1. The molecule has 0 aromatic carbocycles. The molecule has 6 heteroatoms. The zero-order valence-corrected chi connectivity index (χ0v) is 12.8. The van der Waals surface area contributed by atoms with E-state index >= 15 is 0 Å². The van der Waals surface area contributed by atoms with Crippen LogP contribution < -0.4 is 5.32 Å². The van der Waals surface area contributed by atoms with Crippen molar-refractivity contribution in [2.24, 2.45) is 0 Å². The Kier molecular flexibility index (Phi) is 4.89. The summed E-state index contributed by atoms with van der Waals surface area (Å²) in [7, 11) is 0. The average Bonchev–Trinajstić information content (AvgIpc) is 2.86. The zero-order chi connectivity index (χ0) is 14.5. The molecule has 0 bridgehead atoms. The van der Waals surface area contributed by atoms with Crippen molar-refractivity contribution < 1.29 is 9.53 Å². The summed E-state index contributed by atoms with van der Waals surface area (Å²) in [6.45, 7) is 6.19.